The molecule has 35 heavy (non-hydrogen) atoms. The van der Waals surface area contributed by atoms with Gasteiger partial charge in [0.05, 0.1) is 23.9 Å². The molecule has 2 aromatic heterocycles. The van der Waals surface area contributed by atoms with Gasteiger partial charge in [-0.25, -0.2) is 9.37 Å². The van der Waals surface area contributed by atoms with Gasteiger partial charge in [-0.15, -0.1) is 0 Å². The molecule has 3 heterocycles. The zero-order valence-corrected chi connectivity index (χ0v) is 20.7. The highest BCUT2D eigenvalue weighted by Gasteiger charge is 2.27. The predicted octanol–water partition coefficient (Wildman–Crippen LogP) is 5.98. The van der Waals surface area contributed by atoms with Crippen LogP contribution in [-0.4, -0.2) is 47.2 Å². The molecule has 1 saturated carbocycles. The van der Waals surface area contributed by atoms with Crippen molar-refractivity contribution >= 4 is 17.4 Å². The highest BCUT2D eigenvalue weighted by Crippen LogP contribution is 2.32. The normalized spacial score (nSPS) is 21.1. The first-order chi connectivity index (χ1) is 17.1. The van der Waals surface area contributed by atoms with Crippen molar-refractivity contribution in [3.8, 4) is 11.3 Å². The number of nitrogens with one attached hydrogen (secondary N) is 1. The van der Waals surface area contributed by atoms with Crippen molar-refractivity contribution in [3.63, 3.8) is 0 Å². The van der Waals surface area contributed by atoms with Crippen molar-refractivity contribution in [1.82, 2.24) is 14.9 Å². The highest BCUT2D eigenvalue weighted by atomic mass is 35.5. The number of rotatable bonds is 7. The van der Waals surface area contributed by atoms with Crippen LogP contribution in [0.2, 0.25) is 5.02 Å². The maximum absolute atomic E-state index is 13.5. The van der Waals surface area contributed by atoms with Crippen LogP contribution in [0.25, 0.3) is 11.3 Å². The number of anilines is 1. The van der Waals surface area contributed by atoms with E-state index in [0.717, 1.165) is 61.1 Å². The van der Waals surface area contributed by atoms with Crippen LogP contribution in [0.4, 0.5) is 10.2 Å². The molecule has 0 amide bonds. The van der Waals surface area contributed by atoms with Crippen molar-refractivity contribution in [3.05, 3.63) is 76.8 Å². The first-order valence-corrected chi connectivity index (χ1v) is 12.9. The van der Waals surface area contributed by atoms with Crippen LogP contribution in [0.15, 0.2) is 54.7 Å². The van der Waals surface area contributed by atoms with Crippen molar-refractivity contribution < 1.29 is 9.13 Å². The molecule has 0 radical (unpaired) electrons. The molecule has 5 nitrogen and oxygen atoms in total. The van der Waals surface area contributed by atoms with E-state index in [9.17, 15) is 4.39 Å². The van der Waals surface area contributed by atoms with E-state index in [1.165, 1.54) is 37.8 Å². The summed E-state index contributed by atoms with van der Waals surface area (Å²) in [7, 11) is 0. The standard InChI is InChI=1S/C28H32ClFN4O/c29-26-19-31-23(16-20-7-9-24(10-8-20)34-11-13-35-14-12-34)17-25(26)27-5-2-6-28(33-27)32-18-21-3-1-4-22(30)15-21/h1-6,15,17,19-20,24H,7-14,16,18H2,(H,32,33). The van der Waals surface area contributed by atoms with Crippen LogP contribution in [0.3, 0.4) is 0 Å². The highest BCUT2D eigenvalue weighted by molar-refractivity contribution is 6.33. The van der Waals surface area contributed by atoms with E-state index in [1.807, 2.05) is 24.3 Å². The molecule has 0 atom stereocenters. The number of benzene rings is 1. The van der Waals surface area contributed by atoms with E-state index in [-0.39, 0.29) is 5.82 Å². The van der Waals surface area contributed by atoms with Crippen LogP contribution >= 0.6 is 11.6 Å². The minimum Gasteiger partial charge on any atom is -0.379 e. The molecule has 184 valence electrons. The lowest BCUT2D eigenvalue weighted by Gasteiger charge is -2.38. The lowest BCUT2D eigenvalue weighted by Crippen LogP contribution is -2.45. The number of hydrogen-bond acceptors (Lipinski definition) is 5. The second kappa shape index (κ2) is 11.5. The van der Waals surface area contributed by atoms with Gasteiger partial charge in [0.1, 0.15) is 11.6 Å². The van der Waals surface area contributed by atoms with E-state index in [1.54, 1.807) is 12.3 Å². The summed E-state index contributed by atoms with van der Waals surface area (Å²) in [5, 5.41) is 3.88. The molecule has 1 aliphatic carbocycles. The number of aromatic nitrogens is 2. The van der Waals surface area contributed by atoms with Gasteiger partial charge in [0.2, 0.25) is 0 Å². The maximum atomic E-state index is 13.5. The molecule has 1 aromatic carbocycles. The molecule has 2 aliphatic rings. The summed E-state index contributed by atoms with van der Waals surface area (Å²) in [4.78, 5) is 12.0. The molecular weight excluding hydrogens is 463 g/mol. The van der Waals surface area contributed by atoms with E-state index >= 15 is 0 Å². The van der Waals surface area contributed by atoms with Crippen LogP contribution in [0.5, 0.6) is 0 Å². The quantitative estimate of drug-likeness (QED) is 0.437. The maximum Gasteiger partial charge on any atom is 0.126 e. The van der Waals surface area contributed by atoms with Gasteiger partial charge in [-0.2, -0.15) is 0 Å². The van der Waals surface area contributed by atoms with Crippen LogP contribution in [0, 0.1) is 11.7 Å². The number of ether oxygens (including phenoxy) is 1. The first-order valence-electron chi connectivity index (χ1n) is 12.6. The monoisotopic (exact) mass is 494 g/mol. The fourth-order valence-corrected chi connectivity index (χ4v) is 5.47. The summed E-state index contributed by atoms with van der Waals surface area (Å²) in [5.41, 5.74) is 3.64. The number of pyridine rings is 2. The molecule has 0 bridgehead atoms. The van der Waals surface area contributed by atoms with Gasteiger partial charge >= 0.3 is 0 Å². The lowest BCUT2D eigenvalue weighted by molar-refractivity contribution is 0.00493. The summed E-state index contributed by atoms with van der Waals surface area (Å²) in [6.45, 7) is 4.37. The summed E-state index contributed by atoms with van der Waals surface area (Å²) in [6.07, 6.45) is 7.70. The molecule has 1 N–H and O–H groups in total. The Balaban J connectivity index is 1.22. The molecule has 0 spiro atoms. The Morgan fingerprint density at radius 3 is 2.63 bits per heavy atom. The molecular formula is C28H32ClFN4O. The fourth-order valence-electron chi connectivity index (χ4n) is 5.27. The zero-order valence-electron chi connectivity index (χ0n) is 19.9. The Bertz CT molecular complexity index is 1130. The van der Waals surface area contributed by atoms with Gasteiger partial charge in [0.25, 0.3) is 0 Å². The third kappa shape index (κ3) is 6.37. The van der Waals surface area contributed by atoms with Crippen LogP contribution in [0.1, 0.15) is 36.9 Å². The number of morpholine rings is 1. The van der Waals surface area contributed by atoms with E-state index in [4.69, 9.17) is 21.3 Å². The molecule has 5 rings (SSSR count). The van der Waals surface area contributed by atoms with Crippen molar-refractivity contribution in [2.75, 3.05) is 31.6 Å². The molecule has 2 fully saturated rings. The molecule has 3 aromatic rings. The summed E-state index contributed by atoms with van der Waals surface area (Å²) in [6, 6.07) is 15.2. The average molecular weight is 495 g/mol. The summed E-state index contributed by atoms with van der Waals surface area (Å²) >= 11 is 6.54. The van der Waals surface area contributed by atoms with E-state index < -0.39 is 0 Å². The smallest absolute Gasteiger partial charge is 0.126 e. The molecule has 1 aliphatic heterocycles. The van der Waals surface area contributed by atoms with Gasteiger partial charge in [0, 0.05) is 43.1 Å². The summed E-state index contributed by atoms with van der Waals surface area (Å²) < 4.78 is 19.0. The minimum absolute atomic E-state index is 0.239. The van der Waals surface area contributed by atoms with Gasteiger partial charge < -0.3 is 10.1 Å². The summed E-state index contributed by atoms with van der Waals surface area (Å²) in [5.74, 6) is 1.14. The largest absolute Gasteiger partial charge is 0.379 e. The Kier molecular flexibility index (Phi) is 7.92. The number of hydrogen-bond donors (Lipinski definition) is 1. The van der Waals surface area contributed by atoms with Crippen molar-refractivity contribution in [2.45, 2.75) is 44.7 Å². The zero-order chi connectivity index (χ0) is 24.0. The Hall–Kier alpha value is -2.54. The average Bonchev–Trinajstić information content (AvgIpc) is 2.90. The van der Waals surface area contributed by atoms with Crippen LogP contribution < -0.4 is 5.32 Å². The third-order valence-electron chi connectivity index (χ3n) is 7.18. The van der Waals surface area contributed by atoms with Crippen molar-refractivity contribution in [2.24, 2.45) is 5.92 Å². The fraction of sp³-hybridized carbons (Fsp3) is 0.429. The minimum atomic E-state index is -0.239. The van der Waals surface area contributed by atoms with Crippen molar-refractivity contribution in [1.29, 1.82) is 0 Å². The number of nitrogens with zero attached hydrogens (tertiary/aromatic N) is 3. The van der Waals surface area contributed by atoms with Gasteiger partial charge in [-0.1, -0.05) is 29.8 Å². The van der Waals surface area contributed by atoms with E-state index in [0.29, 0.717) is 23.5 Å². The number of halogens is 2. The third-order valence-corrected chi connectivity index (χ3v) is 7.48. The lowest BCUT2D eigenvalue weighted by atomic mass is 9.82. The Labute approximate surface area is 211 Å². The Morgan fingerprint density at radius 1 is 1.03 bits per heavy atom. The van der Waals surface area contributed by atoms with Gasteiger partial charge in [-0.3, -0.25) is 9.88 Å². The van der Waals surface area contributed by atoms with E-state index in [2.05, 4.69) is 21.3 Å². The molecule has 1 saturated heterocycles. The molecule has 0 unspecified atom stereocenters. The topological polar surface area (TPSA) is 50.3 Å². The van der Waals surface area contributed by atoms with Crippen LogP contribution in [-0.2, 0) is 17.7 Å². The predicted molar refractivity (Wildman–Crippen MR) is 138 cm³/mol. The SMILES string of the molecule is Fc1cccc(CNc2cccc(-c3cc(CC4CCC(N5CCOCC5)CC4)ncc3Cl)n2)c1. The second-order valence-corrected chi connectivity index (χ2v) is 9.98. The van der Waals surface area contributed by atoms with Gasteiger partial charge in [0.15, 0.2) is 0 Å². The Morgan fingerprint density at radius 2 is 1.83 bits per heavy atom. The van der Waals surface area contributed by atoms with Gasteiger partial charge in [-0.05, 0) is 73.9 Å². The second-order valence-electron chi connectivity index (χ2n) is 9.57. The first kappa shape index (κ1) is 24.2. The molecule has 7 heteroatoms.